The number of halogens is 4. The molecule has 130 valence electrons. The number of aromatic carboxylic acids is 1. The third-order valence-electron chi connectivity index (χ3n) is 2.69. The van der Waals surface area contributed by atoms with Crippen molar-refractivity contribution in [3.8, 4) is 5.69 Å². The Morgan fingerprint density at radius 2 is 1.80 bits per heavy atom. The number of aromatic nitrogens is 5. The molecule has 0 aliphatic heterocycles. The van der Waals surface area contributed by atoms with Crippen LogP contribution in [0.3, 0.4) is 0 Å². The molecule has 1 N–H and O–H groups in total. The fraction of sp³-hybridized carbons (Fsp3) is 0.0714. The highest BCUT2D eigenvalue weighted by molar-refractivity contribution is 6.34. The highest BCUT2D eigenvalue weighted by Gasteiger charge is 2.32. The SMILES string of the molecule is FC(F)(F)c1cnccn1.O=C(O)c1c(Cl)cccc1-n1nccn1. The minimum Gasteiger partial charge on any atom is -0.478 e. The lowest BCUT2D eigenvalue weighted by molar-refractivity contribution is -0.141. The van der Waals surface area contributed by atoms with Gasteiger partial charge >= 0.3 is 12.1 Å². The Hall–Kier alpha value is -3.01. The van der Waals surface area contributed by atoms with E-state index in [0.717, 1.165) is 6.20 Å². The highest BCUT2D eigenvalue weighted by atomic mass is 35.5. The van der Waals surface area contributed by atoms with Gasteiger partial charge < -0.3 is 5.11 Å². The molecular formula is C14H9ClF3N5O2. The molecule has 0 saturated heterocycles. The summed E-state index contributed by atoms with van der Waals surface area (Å²) >= 11 is 5.79. The maximum absolute atomic E-state index is 11.7. The number of carboxylic acid groups (broad SMARTS) is 1. The normalized spacial score (nSPS) is 10.7. The summed E-state index contributed by atoms with van der Waals surface area (Å²) in [5.41, 5.74) is -0.620. The van der Waals surface area contributed by atoms with Crippen molar-refractivity contribution in [2.24, 2.45) is 0 Å². The van der Waals surface area contributed by atoms with Gasteiger partial charge in [-0.3, -0.25) is 4.98 Å². The van der Waals surface area contributed by atoms with Crippen molar-refractivity contribution in [1.29, 1.82) is 0 Å². The molecule has 0 aliphatic carbocycles. The van der Waals surface area contributed by atoms with Crippen LogP contribution in [0.15, 0.2) is 49.2 Å². The van der Waals surface area contributed by atoms with Gasteiger partial charge in [0.1, 0.15) is 11.3 Å². The Kier molecular flexibility index (Phi) is 5.65. The molecule has 0 radical (unpaired) electrons. The number of benzene rings is 1. The van der Waals surface area contributed by atoms with Gasteiger partial charge in [0, 0.05) is 12.4 Å². The van der Waals surface area contributed by atoms with E-state index >= 15 is 0 Å². The number of nitrogens with zero attached hydrogens (tertiary/aromatic N) is 5. The number of hydrogen-bond acceptors (Lipinski definition) is 5. The van der Waals surface area contributed by atoms with Gasteiger partial charge in [0.25, 0.3) is 0 Å². The summed E-state index contributed by atoms with van der Waals surface area (Å²) in [7, 11) is 0. The molecule has 0 atom stereocenters. The first kappa shape index (κ1) is 18.3. The van der Waals surface area contributed by atoms with Gasteiger partial charge in [0.2, 0.25) is 0 Å². The topological polar surface area (TPSA) is 93.8 Å². The average Bonchev–Trinajstić information content (AvgIpc) is 3.09. The molecule has 0 bridgehead atoms. The average molecular weight is 372 g/mol. The third-order valence-corrected chi connectivity index (χ3v) is 3.01. The molecule has 0 saturated carbocycles. The molecule has 2 heterocycles. The van der Waals surface area contributed by atoms with Crippen molar-refractivity contribution in [2.45, 2.75) is 6.18 Å². The van der Waals surface area contributed by atoms with Crippen LogP contribution in [0.1, 0.15) is 16.1 Å². The van der Waals surface area contributed by atoms with Crippen LogP contribution in [0, 0.1) is 0 Å². The van der Waals surface area contributed by atoms with Crippen LogP contribution in [-0.2, 0) is 6.18 Å². The quantitative estimate of drug-likeness (QED) is 0.744. The van der Waals surface area contributed by atoms with Gasteiger partial charge in [-0.25, -0.2) is 9.78 Å². The fourth-order valence-electron chi connectivity index (χ4n) is 1.68. The third kappa shape index (κ3) is 4.73. The van der Waals surface area contributed by atoms with E-state index in [-0.39, 0.29) is 10.6 Å². The van der Waals surface area contributed by atoms with Crippen molar-refractivity contribution >= 4 is 17.6 Å². The Labute approximate surface area is 143 Å². The number of carbonyl (C=O) groups is 1. The molecule has 0 fully saturated rings. The lowest BCUT2D eigenvalue weighted by Gasteiger charge is -2.05. The summed E-state index contributed by atoms with van der Waals surface area (Å²) < 4.78 is 35.1. The maximum Gasteiger partial charge on any atom is 0.434 e. The molecule has 0 aliphatic rings. The zero-order valence-electron chi connectivity index (χ0n) is 12.2. The molecular weight excluding hydrogens is 363 g/mol. The molecule has 0 unspecified atom stereocenters. The van der Waals surface area contributed by atoms with Gasteiger partial charge in [-0.05, 0) is 12.1 Å². The predicted octanol–water partition coefficient (Wildman–Crippen LogP) is 3.11. The van der Waals surface area contributed by atoms with Crippen molar-refractivity contribution in [3.63, 3.8) is 0 Å². The maximum atomic E-state index is 11.7. The van der Waals surface area contributed by atoms with E-state index in [4.69, 9.17) is 16.7 Å². The summed E-state index contributed by atoms with van der Waals surface area (Å²) in [5, 5.41) is 16.9. The molecule has 1 aromatic carbocycles. The van der Waals surface area contributed by atoms with Crippen LogP contribution >= 0.6 is 11.6 Å². The van der Waals surface area contributed by atoms with E-state index in [2.05, 4.69) is 20.2 Å². The highest BCUT2D eigenvalue weighted by Crippen LogP contribution is 2.26. The van der Waals surface area contributed by atoms with Gasteiger partial charge in [0.05, 0.1) is 23.6 Å². The van der Waals surface area contributed by atoms with Gasteiger partial charge in [0.15, 0.2) is 5.69 Å². The van der Waals surface area contributed by atoms with Crippen molar-refractivity contribution in [1.82, 2.24) is 25.0 Å². The first-order valence-electron chi connectivity index (χ1n) is 6.52. The van der Waals surface area contributed by atoms with Crippen LogP contribution in [0.25, 0.3) is 5.69 Å². The fourth-order valence-corrected chi connectivity index (χ4v) is 1.93. The number of carboxylic acids is 1. The van der Waals surface area contributed by atoms with E-state index in [1.807, 2.05) is 0 Å². The second kappa shape index (κ2) is 7.71. The Balaban J connectivity index is 0.000000196. The smallest absolute Gasteiger partial charge is 0.434 e. The monoisotopic (exact) mass is 371 g/mol. The van der Waals surface area contributed by atoms with Crippen molar-refractivity contribution in [2.75, 3.05) is 0 Å². The summed E-state index contributed by atoms with van der Waals surface area (Å²) in [5.74, 6) is -1.10. The molecule has 0 spiro atoms. The molecule has 25 heavy (non-hydrogen) atoms. The summed E-state index contributed by atoms with van der Waals surface area (Å²) in [4.78, 5) is 18.5. The minimum absolute atomic E-state index is 0.00429. The molecule has 7 nitrogen and oxygen atoms in total. The standard InChI is InChI=1S/C9H6ClN3O2.C5H3F3N2/c10-6-2-1-3-7(8(6)9(14)15)13-11-4-5-12-13;6-5(7,8)4-3-9-1-2-10-4/h1-5H,(H,14,15);1-3H. The minimum atomic E-state index is -4.38. The van der Waals surface area contributed by atoms with Gasteiger partial charge in [-0.15, -0.1) is 0 Å². The second-order valence-electron chi connectivity index (χ2n) is 4.35. The molecule has 2 aromatic heterocycles. The van der Waals surface area contributed by atoms with Crippen LogP contribution in [0.4, 0.5) is 13.2 Å². The first-order valence-corrected chi connectivity index (χ1v) is 6.90. The predicted molar refractivity (Wildman–Crippen MR) is 80.4 cm³/mol. The zero-order chi connectivity index (χ0) is 18.4. The Morgan fingerprint density at radius 1 is 1.12 bits per heavy atom. The molecule has 3 aromatic rings. The lowest BCUT2D eigenvalue weighted by Crippen LogP contribution is -2.08. The van der Waals surface area contributed by atoms with Crippen LogP contribution in [0.5, 0.6) is 0 Å². The van der Waals surface area contributed by atoms with Crippen LogP contribution in [0.2, 0.25) is 5.02 Å². The second-order valence-corrected chi connectivity index (χ2v) is 4.75. The lowest BCUT2D eigenvalue weighted by atomic mass is 10.2. The van der Waals surface area contributed by atoms with Crippen LogP contribution < -0.4 is 0 Å². The van der Waals surface area contributed by atoms with E-state index in [1.54, 1.807) is 12.1 Å². The van der Waals surface area contributed by atoms with Crippen molar-refractivity contribution in [3.05, 3.63) is 65.5 Å². The molecule has 3 rings (SSSR count). The van der Waals surface area contributed by atoms with E-state index < -0.39 is 17.8 Å². The van der Waals surface area contributed by atoms with E-state index in [1.165, 1.54) is 29.5 Å². The largest absolute Gasteiger partial charge is 0.478 e. The first-order chi connectivity index (χ1) is 11.8. The number of alkyl halides is 3. The summed E-state index contributed by atoms with van der Waals surface area (Å²) in [6.45, 7) is 0. The van der Waals surface area contributed by atoms with E-state index in [0.29, 0.717) is 11.9 Å². The molecule has 11 heteroatoms. The summed E-state index contributed by atoms with van der Waals surface area (Å²) in [6.07, 6.45) is 1.42. The molecule has 0 amide bonds. The van der Waals surface area contributed by atoms with Gasteiger partial charge in [-0.1, -0.05) is 17.7 Å². The summed E-state index contributed by atoms with van der Waals surface area (Å²) in [6, 6.07) is 4.75. The van der Waals surface area contributed by atoms with Gasteiger partial charge in [-0.2, -0.15) is 28.2 Å². The Morgan fingerprint density at radius 3 is 2.28 bits per heavy atom. The zero-order valence-corrected chi connectivity index (χ0v) is 13.0. The number of hydrogen-bond donors (Lipinski definition) is 1. The Bertz CT molecular complexity index is 841. The van der Waals surface area contributed by atoms with Crippen molar-refractivity contribution < 1.29 is 23.1 Å². The van der Waals surface area contributed by atoms with E-state index in [9.17, 15) is 18.0 Å². The number of rotatable bonds is 2. The van der Waals surface area contributed by atoms with Crippen LogP contribution in [-0.4, -0.2) is 36.0 Å².